The number of rotatable bonds is 22. The van der Waals surface area contributed by atoms with Crippen molar-refractivity contribution in [1.82, 2.24) is 0 Å². The summed E-state index contributed by atoms with van der Waals surface area (Å²) in [4.78, 5) is 0. The van der Waals surface area contributed by atoms with Gasteiger partial charge < -0.3 is 9.30 Å². The topological polar surface area (TPSA) is 26.3 Å². The molecule has 0 aromatic heterocycles. The molecule has 0 aromatic carbocycles. The van der Waals surface area contributed by atoms with Gasteiger partial charge in [0.15, 0.2) is 0 Å². The minimum atomic E-state index is -1.96. The molecule has 0 aliphatic heterocycles. The molecular weight excluding hydrogens is 411 g/mol. The van der Waals surface area contributed by atoms with Gasteiger partial charge in [-0.05, 0) is 56.3 Å². The van der Waals surface area contributed by atoms with E-state index < -0.39 is 7.14 Å². The Kier molecular flexibility index (Phi) is 15.3. The molecular formula is C29H55O2P. The van der Waals surface area contributed by atoms with Crippen molar-refractivity contribution in [2.45, 2.75) is 123 Å². The molecule has 0 radical (unpaired) electrons. The van der Waals surface area contributed by atoms with Gasteiger partial charge in [0.25, 0.3) is 0 Å². The van der Waals surface area contributed by atoms with Crippen LogP contribution in [0.4, 0.5) is 0 Å². The van der Waals surface area contributed by atoms with Crippen LogP contribution >= 0.6 is 7.14 Å². The van der Waals surface area contributed by atoms with Gasteiger partial charge in [-0.2, -0.15) is 0 Å². The molecule has 3 atom stereocenters. The highest BCUT2D eigenvalue weighted by molar-refractivity contribution is 7.63. The van der Waals surface area contributed by atoms with Crippen LogP contribution in [0.1, 0.15) is 123 Å². The normalized spacial score (nSPS) is 22.2. The summed E-state index contributed by atoms with van der Waals surface area (Å²) < 4.78 is 19.7. The fourth-order valence-electron chi connectivity index (χ4n) is 5.80. The van der Waals surface area contributed by atoms with Gasteiger partial charge in [0.1, 0.15) is 0 Å². The van der Waals surface area contributed by atoms with Gasteiger partial charge in [0.2, 0.25) is 0 Å². The number of hydrogen-bond acceptors (Lipinski definition) is 2. The molecule has 1 fully saturated rings. The molecule has 32 heavy (non-hydrogen) atoms. The van der Waals surface area contributed by atoms with Gasteiger partial charge in [-0.15, -0.1) is 0 Å². The van der Waals surface area contributed by atoms with E-state index in [2.05, 4.69) is 26.0 Å². The van der Waals surface area contributed by atoms with Crippen LogP contribution in [0, 0.1) is 17.8 Å². The molecule has 0 spiro atoms. The smallest absolute Gasteiger partial charge is 0.0877 e. The van der Waals surface area contributed by atoms with Crippen LogP contribution in [-0.4, -0.2) is 31.7 Å². The van der Waals surface area contributed by atoms with E-state index in [1.165, 1.54) is 96.3 Å². The fourth-order valence-corrected chi connectivity index (χ4v) is 8.87. The van der Waals surface area contributed by atoms with Crippen molar-refractivity contribution in [2.24, 2.45) is 17.8 Å². The third-order valence-electron chi connectivity index (χ3n) is 7.94. The molecule has 2 aliphatic carbocycles. The summed E-state index contributed by atoms with van der Waals surface area (Å²) in [5, 5.41) is 0. The van der Waals surface area contributed by atoms with Crippen molar-refractivity contribution >= 4 is 7.14 Å². The predicted octanol–water partition coefficient (Wildman–Crippen LogP) is 9.47. The van der Waals surface area contributed by atoms with Crippen LogP contribution in [0.2, 0.25) is 0 Å². The van der Waals surface area contributed by atoms with Crippen LogP contribution in [0.25, 0.3) is 0 Å². The molecule has 2 rings (SSSR count). The number of unbranched alkanes of at least 4 members (excludes halogenated alkanes) is 12. The van der Waals surface area contributed by atoms with Gasteiger partial charge in [-0.1, -0.05) is 96.6 Å². The standard InChI is InChI=1S/C29H55O2P/c1-3-5-7-9-11-15-21-32(30,22-16-12-10-8-6-4-2)23-17-13-14-20-31-26-29-25-27-18-19-28(29)24-27/h18-19,27-29H,3-17,20-26H2,1-2H3. The van der Waals surface area contributed by atoms with E-state index >= 15 is 0 Å². The maximum atomic E-state index is 13.7. The molecule has 1 saturated carbocycles. The molecule has 0 heterocycles. The van der Waals surface area contributed by atoms with Crippen molar-refractivity contribution in [3.63, 3.8) is 0 Å². The first-order valence-corrected chi connectivity index (χ1v) is 16.8. The Morgan fingerprint density at radius 1 is 0.688 bits per heavy atom. The monoisotopic (exact) mass is 466 g/mol. The fraction of sp³-hybridized carbons (Fsp3) is 0.931. The number of ether oxygens (including phenoxy) is 1. The quantitative estimate of drug-likeness (QED) is 0.0902. The molecule has 0 N–H and O–H groups in total. The minimum absolute atomic E-state index is 0.778. The molecule has 3 unspecified atom stereocenters. The first-order chi connectivity index (χ1) is 15.7. The average molecular weight is 467 g/mol. The van der Waals surface area contributed by atoms with Crippen molar-refractivity contribution in [1.29, 1.82) is 0 Å². The van der Waals surface area contributed by atoms with E-state index in [1.54, 1.807) is 0 Å². The summed E-state index contributed by atoms with van der Waals surface area (Å²) in [6.07, 6.45) is 29.7. The average Bonchev–Trinajstić information content (AvgIpc) is 3.41. The summed E-state index contributed by atoms with van der Waals surface area (Å²) in [7, 11) is -1.96. The maximum Gasteiger partial charge on any atom is 0.0877 e. The molecule has 2 nitrogen and oxygen atoms in total. The van der Waals surface area contributed by atoms with Crippen molar-refractivity contribution < 1.29 is 9.30 Å². The van der Waals surface area contributed by atoms with Crippen LogP contribution in [-0.2, 0) is 9.30 Å². The van der Waals surface area contributed by atoms with Gasteiger partial charge in [0.05, 0.1) is 7.14 Å². The van der Waals surface area contributed by atoms with Crippen molar-refractivity contribution in [3.05, 3.63) is 12.2 Å². The Labute approximate surface area is 201 Å². The third kappa shape index (κ3) is 11.9. The van der Waals surface area contributed by atoms with Crippen molar-refractivity contribution in [2.75, 3.05) is 31.7 Å². The third-order valence-corrected chi connectivity index (χ3v) is 11.3. The van der Waals surface area contributed by atoms with Gasteiger partial charge >= 0.3 is 0 Å². The van der Waals surface area contributed by atoms with E-state index in [1.807, 2.05) is 0 Å². The van der Waals surface area contributed by atoms with Crippen LogP contribution < -0.4 is 0 Å². The summed E-state index contributed by atoms with van der Waals surface area (Å²) in [6.45, 7) is 6.40. The Hall–Kier alpha value is -0.0700. The van der Waals surface area contributed by atoms with Crippen molar-refractivity contribution in [3.8, 4) is 0 Å². The van der Waals surface area contributed by atoms with Gasteiger partial charge in [-0.25, -0.2) is 0 Å². The Balaban J connectivity index is 1.55. The highest BCUT2D eigenvalue weighted by atomic mass is 31.2. The zero-order chi connectivity index (χ0) is 22.9. The SMILES string of the molecule is CCCCCCCCP(=O)(CCCCCCCC)CCCCCOCC1CC2C=CC1C2. The van der Waals surface area contributed by atoms with E-state index in [0.717, 1.165) is 62.3 Å². The Morgan fingerprint density at radius 2 is 1.22 bits per heavy atom. The molecule has 3 heteroatoms. The second kappa shape index (κ2) is 17.4. The first kappa shape index (κ1) is 28.2. The van der Waals surface area contributed by atoms with Gasteiger partial charge in [0, 0.05) is 31.7 Å². The van der Waals surface area contributed by atoms with E-state index in [-0.39, 0.29) is 0 Å². The lowest BCUT2D eigenvalue weighted by Crippen LogP contribution is -2.14. The molecule has 0 amide bonds. The molecule has 0 saturated heterocycles. The van der Waals surface area contributed by atoms with Crippen LogP contribution in [0.5, 0.6) is 0 Å². The number of allylic oxidation sites excluding steroid dienone is 2. The first-order valence-electron chi connectivity index (χ1n) is 14.5. The number of hydrogen-bond donors (Lipinski definition) is 0. The summed E-state index contributed by atoms with van der Waals surface area (Å²) >= 11 is 0. The van der Waals surface area contributed by atoms with Gasteiger partial charge in [-0.3, -0.25) is 0 Å². The predicted molar refractivity (Wildman–Crippen MR) is 142 cm³/mol. The van der Waals surface area contributed by atoms with E-state index in [0.29, 0.717) is 0 Å². The lowest BCUT2D eigenvalue weighted by atomic mass is 9.95. The Morgan fingerprint density at radius 3 is 1.72 bits per heavy atom. The highest BCUT2D eigenvalue weighted by Crippen LogP contribution is 2.48. The van der Waals surface area contributed by atoms with Crippen LogP contribution in [0.15, 0.2) is 12.2 Å². The largest absolute Gasteiger partial charge is 0.381 e. The molecule has 0 aromatic rings. The zero-order valence-corrected chi connectivity index (χ0v) is 22.6. The summed E-state index contributed by atoms with van der Waals surface area (Å²) in [5.74, 6) is 2.43. The second-order valence-electron chi connectivity index (χ2n) is 10.9. The summed E-state index contributed by atoms with van der Waals surface area (Å²) in [5.41, 5.74) is 0. The minimum Gasteiger partial charge on any atom is -0.381 e. The second-order valence-corrected chi connectivity index (χ2v) is 14.4. The van der Waals surface area contributed by atoms with E-state index in [4.69, 9.17) is 4.74 Å². The lowest BCUT2D eigenvalue weighted by Gasteiger charge is -2.19. The Bertz CT molecular complexity index is 509. The molecule has 188 valence electrons. The number of fused-ring (bicyclic) bond motifs is 2. The molecule has 2 aliphatic rings. The van der Waals surface area contributed by atoms with E-state index in [9.17, 15) is 4.57 Å². The highest BCUT2D eigenvalue weighted by Gasteiger charge is 2.35. The van der Waals surface area contributed by atoms with Crippen LogP contribution in [0.3, 0.4) is 0 Å². The lowest BCUT2D eigenvalue weighted by molar-refractivity contribution is 0.0879. The maximum absolute atomic E-state index is 13.7. The summed E-state index contributed by atoms with van der Waals surface area (Å²) in [6, 6.07) is 0. The molecule has 2 bridgehead atoms. The zero-order valence-electron chi connectivity index (χ0n) is 21.7.